The van der Waals surface area contributed by atoms with Gasteiger partial charge in [-0.15, -0.1) is 0 Å². The second-order valence-electron chi connectivity index (χ2n) is 4.48. The second kappa shape index (κ2) is 5.34. The van der Waals surface area contributed by atoms with E-state index in [1.165, 1.54) is 16.5 Å². The molecular formula is C14H21N3. The minimum absolute atomic E-state index is 0.711. The Morgan fingerprint density at radius 1 is 1.29 bits per heavy atom. The molecule has 1 aromatic carbocycles. The van der Waals surface area contributed by atoms with E-state index < -0.39 is 0 Å². The van der Waals surface area contributed by atoms with Gasteiger partial charge in [0.15, 0.2) is 0 Å². The molecule has 0 atom stereocenters. The van der Waals surface area contributed by atoms with Gasteiger partial charge < -0.3 is 15.2 Å². The van der Waals surface area contributed by atoms with Crippen molar-refractivity contribution < 1.29 is 0 Å². The van der Waals surface area contributed by atoms with E-state index >= 15 is 0 Å². The van der Waals surface area contributed by atoms with Crippen LogP contribution in [0.25, 0.3) is 10.9 Å². The van der Waals surface area contributed by atoms with E-state index in [1.807, 2.05) is 0 Å². The summed E-state index contributed by atoms with van der Waals surface area (Å²) < 4.78 is 2.31. The Labute approximate surface area is 103 Å². The molecule has 2 rings (SSSR count). The van der Waals surface area contributed by atoms with Gasteiger partial charge in [0.2, 0.25) is 0 Å². The first kappa shape index (κ1) is 12.1. The van der Waals surface area contributed by atoms with Crippen molar-refractivity contribution in [3.05, 3.63) is 36.0 Å². The quantitative estimate of drug-likeness (QED) is 0.854. The molecule has 0 aliphatic heterocycles. The van der Waals surface area contributed by atoms with Gasteiger partial charge in [-0.1, -0.05) is 18.2 Å². The Balaban J connectivity index is 2.33. The molecule has 0 bridgehead atoms. The molecule has 0 saturated heterocycles. The summed E-state index contributed by atoms with van der Waals surface area (Å²) in [6.07, 6.45) is 2.26. The van der Waals surface area contributed by atoms with Crippen LogP contribution < -0.4 is 5.73 Å². The lowest BCUT2D eigenvalue weighted by Gasteiger charge is -2.14. The first-order chi connectivity index (χ1) is 8.26. The highest BCUT2D eigenvalue weighted by atomic mass is 15.1. The van der Waals surface area contributed by atoms with Gasteiger partial charge in [0.1, 0.15) is 0 Å². The van der Waals surface area contributed by atoms with Crippen molar-refractivity contribution in [1.29, 1.82) is 0 Å². The van der Waals surface area contributed by atoms with Gasteiger partial charge in [-0.3, -0.25) is 0 Å². The SMILES string of the molecule is CCn1cc(CN(C)CCN)c2ccccc21. The third-order valence-corrected chi connectivity index (χ3v) is 3.16. The first-order valence-electron chi connectivity index (χ1n) is 6.21. The Kier molecular flexibility index (Phi) is 3.82. The Bertz CT molecular complexity index is 487. The monoisotopic (exact) mass is 231 g/mol. The number of nitrogens with zero attached hydrogens (tertiary/aromatic N) is 2. The average Bonchev–Trinajstić information content (AvgIpc) is 2.68. The molecule has 0 aliphatic carbocycles. The number of aryl methyl sites for hydroxylation is 1. The Morgan fingerprint density at radius 3 is 2.76 bits per heavy atom. The molecule has 3 heteroatoms. The lowest BCUT2D eigenvalue weighted by Crippen LogP contribution is -2.24. The summed E-state index contributed by atoms with van der Waals surface area (Å²) >= 11 is 0. The van der Waals surface area contributed by atoms with Crippen LogP contribution in [0.4, 0.5) is 0 Å². The molecule has 2 N–H and O–H groups in total. The zero-order valence-corrected chi connectivity index (χ0v) is 10.7. The van der Waals surface area contributed by atoms with Crippen LogP contribution in [0.1, 0.15) is 12.5 Å². The van der Waals surface area contributed by atoms with E-state index in [2.05, 4.69) is 53.9 Å². The number of fused-ring (bicyclic) bond motifs is 1. The third-order valence-electron chi connectivity index (χ3n) is 3.16. The van der Waals surface area contributed by atoms with E-state index in [1.54, 1.807) is 0 Å². The number of rotatable bonds is 5. The maximum atomic E-state index is 5.58. The lowest BCUT2D eigenvalue weighted by molar-refractivity contribution is 0.337. The summed E-state index contributed by atoms with van der Waals surface area (Å²) in [5, 5.41) is 1.36. The van der Waals surface area contributed by atoms with Crippen LogP contribution in [-0.4, -0.2) is 29.6 Å². The zero-order valence-electron chi connectivity index (χ0n) is 10.7. The number of para-hydroxylation sites is 1. The van der Waals surface area contributed by atoms with Crippen molar-refractivity contribution in [1.82, 2.24) is 9.47 Å². The first-order valence-corrected chi connectivity index (χ1v) is 6.21. The standard InChI is InChI=1S/C14H21N3/c1-3-17-11-12(10-16(2)9-8-15)13-6-4-5-7-14(13)17/h4-7,11H,3,8-10,15H2,1-2H3. The number of hydrogen-bond acceptors (Lipinski definition) is 2. The van der Waals surface area contributed by atoms with Crippen molar-refractivity contribution in [3.8, 4) is 0 Å². The molecule has 17 heavy (non-hydrogen) atoms. The van der Waals surface area contributed by atoms with E-state index in [9.17, 15) is 0 Å². The second-order valence-corrected chi connectivity index (χ2v) is 4.48. The third kappa shape index (κ3) is 2.51. The average molecular weight is 231 g/mol. The summed E-state index contributed by atoms with van der Waals surface area (Å²) in [7, 11) is 2.12. The molecule has 0 spiro atoms. The number of aromatic nitrogens is 1. The van der Waals surface area contributed by atoms with Gasteiger partial charge >= 0.3 is 0 Å². The molecular weight excluding hydrogens is 210 g/mol. The molecule has 2 aromatic rings. The van der Waals surface area contributed by atoms with E-state index in [0.29, 0.717) is 6.54 Å². The molecule has 3 nitrogen and oxygen atoms in total. The highest BCUT2D eigenvalue weighted by Crippen LogP contribution is 2.22. The van der Waals surface area contributed by atoms with Crippen molar-refractivity contribution in [2.75, 3.05) is 20.1 Å². The fraction of sp³-hybridized carbons (Fsp3) is 0.429. The smallest absolute Gasteiger partial charge is 0.0483 e. The van der Waals surface area contributed by atoms with Crippen LogP contribution in [0.2, 0.25) is 0 Å². The van der Waals surface area contributed by atoms with E-state index in [0.717, 1.165) is 19.6 Å². The highest BCUT2D eigenvalue weighted by Gasteiger charge is 2.08. The van der Waals surface area contributed by atoms with Gasteiger partial charge in [-0.25, -0.2) is 0 Å². The summed E-state index contributed by atoms with van der Waals surface area (Å²) in [4.78, 5) is 2.27. The van der Waals surface area contributed by atoms with Gasteiger partial charge in [-0.2, -0.15) is 0 Å². The molecule has 0 unspecified atom stereocenters. The summed E-state index contributed by atoms with van der Waals surface area (Å²) in [5.74, 6) is 0. The van der Waals surface area contributed by atoms with Crippen molar-refractivity contribution >= 4 is 10.9 Å². The van der Waals surface area contributed by atoms with Crippen molar-refractivity contribution in [3.63, 3.8) is 0 Å². The summed E-state index contributed by atoms with van der Waals surface area (Å²) in [6, 6.07) is 8.59. The van der Waals surface area contributed by atoms with Crippen molar-refractivity contribution in [2.45, 2.75) is 20.0 Å². The molecule has 0 fully saturated rings. The number of benzene rings is 1. The van der Waals surface area contributed by atoms with Crippen LogP contribution >= 0.6 is 0 Å². The van der Waals surface area contributed by atoms with Gasteiger partial charge in [0.25, 0.3) is 0 Å². The van der Waals surface area contributed by atoms with Gasteiger partial charge in [0, 0.05) is 43.3 Å². The molecule has 0 aliphatic rings. The predicted octanol–water partition coefficient (Wildman–Crippen LogP) is 2.05. The predicted molar refractivity (Wildman–Crippen MR) is 73.0 cm³/mol. The number of nitrogens with two attached hydrogens (primary N) is 1. The fourth-order valence-electron chi connectivity index (χ4n) is 2.30. The van der Waals surface area contributed by atoms with Crippen LogP contribution in [0.5, 0.6) is 0 Å². The van der Waals surface area contributed by atoms with Gasteiger partial charge in [-0.05, 0) is 25.6 Å². The minimum atomic E-state index is 0.711. The number of hydrogen-bond donors (Lipinski definition) is 1. The molecule has 1 aromatic heterocycles. The van der Waals surface area contributed by atoms with Crippen LogP contribution in [0.3, 0.4) is 0 Å². The molecule has 0 saturated carbocycles. The van der Waals surface area contributed by atoms with Gasteiger partial charge in [0.05, 0.1) is 0 Å². The largest absolute Gasteiger partial charge is 0.347 e. The topological polar surface area (TPSA) is 34.2 Å². The fourth-order valence-corrected chi connectivity index (χ4v) is 2.30. The molecule has 1 heterocycles. The van der Waals surface area contributed by atoms with Crippen molar-refractivity contribution in [2.24, 2.45) is 5.73 Å². The highest BCUT2D eigenvalue weighted by molar-refractivity contribution is 5.83. The molecule has 0 radical (unpaired) electrons. The lowest BCUT2D eigenvalue weighted by atomic mass is 10.1. The van der Waals surface area contributed by atoms with Crippen LogP contribution in [0.15, 0.2) is 30.5 Å². The number of likely N-dealkylation sites (N-methyl/N-ethyl adjacent to an activating group) is 1. The zero-order chi connectivity index (χ0) is 12.3. The van der Waals surface area contributed by atoms with E-state index in [4.69, 9.17) is 5.73 Å². The summed E-state index contributed by atoms with van der Waals surface area (Å²) in [6.45, 7) is 5.81. The Morgan fingerprint density at radius 2 is 2.06 bits per heavy atom. The van der Waals surface area contributed by atoms with E-state index in [-0.39, 0.29) is 0 Å². The Hall–Kier alpha value is -1.32. The maximum Gasteiger partial charge on any atom is 0.0483 e. The maximum absolute atomic E-state index is 5.58. The molecule has 0 amide bonds. The van der Waals surface area contributed by atoms with Crippen LogP contribution in [-0.2, 0) is 13.1 Å². The van der Waals surface area contributed by atoms with Crippen LogP contribution in [0, 0.1) is 0 Å². The minimum Gasteiger partial charge on any atom is -0.347 e. The summed E-state index contributed by atoms with van der Waals surface area (Å²) in [5.41, 5.74) is 8.29. The normalized spacial score (nSPS) is 11.5. The molecule has 92 valence electrons.